The minimum atomic E-state index is -4.10. The molecule has 0 saturated heterocycles. The van der Waals surface area contributed by atoms with Crippen LogP contribution in [-0.4, -0.2) is 18.6 Å². The molecule has 1 atom stereocenters. The molecular formula is C15H20F3NO. The Labute approximate surface area is 117 Å². The van der Waals surface area contributed by atoms with E-state index in [1.807, 2.05) is 19.1 Å². The van der Waals surface area contributed by atoms with Gasteiger partial charge >= 0.3 is 6.18 Å². The summed E-state index contributed by atoms with van der Waals surface area (Å²) in [4.78, 5) is 11.8. The molecule has 0 heterocycles. The van der Waals surface area contributed by atoms with Crippen molar-refractivity contribution in [3.8, 4) is 0 Å². The highest BCUT2D eigenvalue weighted by Crippen LogP contribution is 2.24. The van der Waals surface area contributed by atoms with E-state index in [0.29, 0.717) is 18.5 Å². The maximum Gasteiger partial charge on any atom is 0.389 e. The summed E-state index contributed by atoms with van der Waals surface area (Å²) in [7, 11) is 0. The molecule has 0 radical (unpaired) electrons. The predicted molar refractivity (Wildman–Crippen MR) is 72.6 cm³/mol. The molecule has 0 aliphatic carbocycles. The van der Waals surface area contributed by atoms with E-state index in [4.69, 9.17) is 0 Å². The van der Waals surface area contributed by atoms with Crippen LogP contribution in [0.4, 0.5) is 13.2 Å². The van der Waals surface area contributed by atoms with Crippen LogP contribution in [0.5, 0.6) is 0 Å². The van der Waals surface area contributed by atoms with Crippen molar-refractivity contribution in [3.05, 3.63) is 35.4 Å². The topological polar surface area (TPSA) is 29.1 Å². The number of hydrogen-bond acceptors (Lipinski definition) is 1. The lowest BCUT2D eigenvalue weighted by Gasteiger charge is -2.13. The molecule has 5 heteroatoms. The number of carbonyl (C=O) groups excluding carboxylic acids is 1. The number of halogens is 3. The van der Waals surface area contributed by atoms with E-state index in [1.165, 1.54) is 0 Å². The molecule has 0 aliphatic rings. The average molecular weight is 287 g/mol. The maximum atomic E-state index is 12.1. The monoisotopic (exact) mass is 287 g/mol. The third-order valence-corrected chi connectivity index (χ3v) is 3.16. The largest absolute Gasteiger partial charge is 0.389 e. The van der Waals surface area contributed by atoms with E-state index < -0.39 is 12.6 Å². The molecule has 0 spiro atoms. The van der Waals surface area contributed by atoms with Crippen molar-refractivity contribution in [1.29, 1.82) is 0 Å². The van der Waals surface area contributed by atoms with E-state index in [-0.39, 0.29) is 18.2 Å². The van der Waals surface area contributed by atoms with Gasteiger partial charge in [-0.15, -0.1) is 0 Å². The van der Waals surface area contributed by atoms with E-state index in [1.54, 1.807) is 19.1 Å². The molecule has 0 aromatic heterocycles. The summed E-state index contributed by atoms with van der Waals surface area (Å²) < 4.78 is 36.2. The van der Waals surface area contributed by atoms with E-state index in [0.717, 1.165) is 5.56 Å². The molecule has 0 bridgehead atoms. The van der Waals surface area contributed by atoms with Crippen molar-refractivity contribution in [1.82, 2.24) is 5.32 Å². The molecule has 2 nitrogen and oxygen atoms in total. The van der Waals surface area contributed by atoms with Crippen molar-refractivity contribution in [2.45, 2.75) is 39.3 Å². The summed E-state index contributed by atoms with van der Waals surface area (Å²) in [6.07, 6.45) is -4.21. The Bertz CT molecular complexity index is 426. The Balaban J connectivity index is 2.26. The number of amides is 1. The van der Waals surface area contributed by atoms with Gasteiger partial charge in [0.1, 0.15) is 0 Å². The smallest absolute Gasteiger partial charge is 0.352 e. The standard InChI is InChI=1S/C15H20F3NO/c1-11-3-5-13(6-4-11)14(20)19-10-8-12(2)7-9-15(16,17)18/h3-6,12H,7-10H2,1-2H3,(H,19,20). The van der Waals surface area contributed by atoms with Crippen LogP contribution in [0.1, 0.15) is 42.1 Å². The first kappa shape index (κ1) is 16.5. The molecule has 1 aromatic rings. The van der Waals surface area contributed by atoms with Crippen molar-refractivity contribution in [2.24, 2.45) is 5.92 Å². The van der Waals surface area contributed by atoms with Gasteiger partial charge in [0.25, 0.3) is 5.91 Å². The van der Waals surface area contributed by atoms with Gasteiger partial charge in [-0.1, -0.05) is 24.6 Å². The highest BCUT2D eigenvalue weighted by Gasteiger charge is 2.27. The summed E-state index contributed by atoms with van der Waals surface area (Å²) in [6.45, 7) is 4.10. The fraction of sp³-hybridized carbons (Fsp3) is 0.533. The Morgan fingerprint density at radius 2 is 1.80 bits per heavy atom. The number of carbonyl (C=O) groups is 1. The van der Waals surface area contributed by atoms with Crippen LogP contribution in [0.3, 0.4) is 0 Å². The highest BCUT2D eigenvalue weighted by molar-refractivity contribution is 5.94. The zero-order valence-corrected chi connectivity index (χ0v) is 11.8. The minimum absolute atomic E-state index is 0.0602. The number of alkyl halides is 3. The first-order valence-corrected chi connectivity index (χ1v) is 6.69. The van der Waals surface area contributed by atoms with Gasteiger partial charge in [0.05, 0.1) is 0 Å². The average Bonchev–Trinajstić information content (AvgIpc) is 2.36. The normalized spacial score (nSPS) is 13.1. The molecule has 0 saturated carbocycles. The maximum absolute atomic E-state index is 12.1. The summed E-state index contributed by atoms with van der Waals surface area (Å²) >= 11 is 0. The van der Waals surface area contributed by atoms with Crippen molar-refractivity contribution < 1.29 is 18.0 Å². The summed E-state index contributed by atoms with van der Waals surface area (Å²) in [5.41, 5.74) is 1.64. The molecule has 1 amide bonds. The van der Waals surface area contributed by atoms with Gasteiger partial charge in [0.15, 0.2) is 0 Å². The molecule has 0 aliphatic heterocycles. The van der Waals surface area contributed by atoms with E-state index in [2.05, 4.69) is 5.32 Å². The molecule has 1 rings (SSSR count). The zero-order valence-electron chi connectivity index (χ0n) is 11.8. The molecule has 1 unspecified atom stereocenters. The van der Waals surface area contributed by atoms with Crippen LogP contribution in [0.2, 0.25) is 0 Å². The number of aryl methyl sites for hydroxylation is 1. The lowest BCUT2D eigenvalue weighted by molar-refractivity contribution is -0.137. The Morgan fingerprint density at radius 1 is 1.20 bits per heavy atom. The molecule has 1 aromatic carbocycles. The van der Waals surface area contributed by atoms with Crippen LogP contribution in [0.15, 0.2) is 24.3 Å². The molecule has 20 heavy (non-hydrogen) atoms. The van der Waals surface area contributed by atoms with Crippen molar-refractivity contribution in [3.63, 3.8) is 0 Å². The molecular weight excluding hydrogens is 267 g/mol. The van der Waals surface area contributed by atoms with Gasteiger partial charge in [-0.2, -0.15) is 13.2 Å². The first-order chi connectivity index (χ1) is 9.28. The van der Waals surface area contributed by atoms with Crippen LogP contribution in [0.25, 0.3) is 0 Å². The molecule has 112 valence electrons. The Kier molecular flexibility index (Phi) is 6.05. The Hall–Kier alpha value is -1.52. The lowest BCUT2D eigenvalue weighted by Crippen LogP contribution is -2.25. The van der Waals surface area contributed by atoms with Gasteiger partial charge in [-0.25, -0.2) is 0 Å². The van der Waals surface area contributed by atoms with Crippen LogP contribution in [0, 0.1) is 12.8 Å². The Morgan fingerprint density at radius 3 is 2.35 bits per heavy atom. The SMILES string of the molecule is Cc1ccc(C(=O)NCCC(C)CCC(F)(F)F)cc1. The van der Waals surface area contributed by atoms with Crippen LogP contribution >= 0.6 is 0 Å². The number of rotatable bonds is 6. The predicted octanol–water partition coefficient (Wildman–Crippen LogP) is 4.09. The first-order valence-electron chi connectivity index (χ1n) is 6.69. The summed E-state index contributed by atoms with van der Waals surface area (Å²) in [5, 5.41) is 2.73. The molecule has 1 N–H and O–H groups in total. The van der Waals surface area contributed by atoms with E-state index in [9.17, 15) is 18.0 Å². The molecule has 0 fully saturated rings. The quantitative estimate of drug-likeness (QED) is 0.838. The lowest BCUT2D eigenvalue weighted by atomic mass is 10.0. The fourth-order valence-electron chi connectivity index (χ4n) is 1.79. The van der Waals surface area contributed by atoms with Crippen LogP contribution < -0.4 is 5.32 Å². The number of benzene rings is 1. The number of nitrogens with one attached hydrogen (secondary N) is 1. The second-order valence-electron chi connectivity index (χ2n) is 5.17. The fourth-order valence-corrected chi connectivity index (χ4v) is 1.79. The second kappa shape index (κ2) is 7.31. The van der Waals surface area contributed by atoms with E-state index >= 15 is 0 Å². The highest BCUT2D eigenvalue weighted by atomic mass is 19.4. The minimum Gasteiger partial charge on any atom is -0.352 e. The summed E-state index contributed by atoms with van der Waals surface area (Å²) in [6, 6.07) is 7.16. The second-order valence-corrected chi connectivity index (χ2v) is 5.17. The van der Waals surface area contributed by atoms with Gasteiger partial charge in [0, 0.05) is 18.5 Å². The van der Waals surface area contributed by atoms with Gasteiger partial charge in [-0.05, 0) is 37.8 Å². The van der Waals surface area contributed by atoms with Gasteiger partial charge < -0.3 is 5.32 Å². The third-order valence-electron chi connectivity index (χ3n) is 3.16. The third kappa shape index (κ3) is 6.59. The van der Waals surface area contributed by atoms with Gasteiger partial charge in [0.2, 0.25) is 0 Å². The van der Waals surface area contributed by atoms with Gasteiger partial charge in [-0.3, -0.25) is 4.79 Å². The summed E-state index contributed by atoms with van der Waals surface area (Å²) in [5.74, 6) is -0.247. The zero-order chi connectivity index (χ0) is 15.2. The van der Waals surface area contributed by atoms with Crippen LogP contribution in [-0.2, 0) is 0 Å². The van der Waals surface area contributed by atoms with Crippen molar-refractivity contribution >= 4 is 5.91 Å². The van der Waals surface area contributed by atoms with Crippen molar-refractivity contribution in [2.75, 3.05) is 6.54 Å². The number of hydrogen-bond donors (Lipinski definition) is 1.